The van der Waals surface area contributed by atoms with Crippen molar-refractivity contribution in [2.24, 2.45) is 0 Å². The van der Waals surface area contributed by atoms with E-state index >= 15 is 0 Å². The highest BCUT2D eigenvalue weighted by molar-refractivity contribution is 6.20. The van der Waals surface area contributed by atoms with E-state index in [1.807, 2.05) is 0 Å². The number of carboxylic acids is 2. The Hall–Kier alpha value is -2.18. The van der Waals surface area contributed by atoms with Gasteiger partial charge in [0, 0.05) is 17.6 Å². The van der Waals surface area contributed by atoms with Crippen LogP contribution in [-0.4, -0.2) is 44.9 Å². The molecule has 1 heterocycles. The van der Waals surface area contributed by atoms with Crippen molar-refractivity contribution in [2.75, 3.05) is 0 Å². The number of hydrogen-bond acceptors (Lipinski definition) is 4. The number of carboxylic acid groups (broad SMARTS) is 2. The number of imide groups is 1. The Morgan fingerprint density at radius 1 is 1.09 bits per heavy atom. The number of aliphatic carboxylic acids is 2. The maximum absolute atomic E-state index is 12.4. The zero-order valence-electron chi connectivity index (χ0n) is 13.5. The normalized spacial score (nSPS) is 16.2. The van der Waals surface area contributed by atoms with E-state index in [9.17, 15) is 24.3 Å². The summed E-state index contributed by atoms with van der Waals surface area (Å²) in [4.78, 5) is 47.4. The minimum Gasteiger partial charge on any atom is -0.481 e. The summed E-state index contributed by atoms with van der Waals surface area (Å²) in [5, 5.41) is 17.9. The lowest BCUT2D eigenvalue weighted by atomic mass is 10.0. The van der Waals surface area contributed by atoms with Crippen LogP contribution in [0.25, 0.3) is 0 Å². The van der Waals surface area contributed by atoms with Gasteiger partial charge >= 0.3 is 11.9 Å². The average Bonchev–Trinajstić information content (AvgIpc) is 2.68. The predicted octanol–water partition coefficient (Wildman–Crippen LogP) is 1.96. The van der Waals surface area contributed by atoms with Crippen molar-refractivity contribution in [3.05, 3.63) is 11.1 Å². The van der Waals surface area contributed by atoms with Crippen molar-refractivity contribution < 1.29 is 29.4 Å². The first-order valence-electron chi connectivity index (χ1n) is 7.83. The van der Waals surface area contributed by atoms with Crippen LogP contribution in [0.5, 0.6) is 0 Å². The van der Waals surface area contributed by atoms with Crippen LogP contribution in [0, 0.1) is 0 Å². The summed E-state index contributed by atoms with van der Waals surface area (Å²) >= 11 is 0. The first kappa shape index (κ1) is 18.9. The molecule has 23 heavy (non-hydrogen) atoms. The van der Waals surface area contributed by atoms with Crippen molar-refractivity contribution in [3.8, 4) is 0 Å². The highest BCUT2D eigenvalue weighted by atomic mass is 16.4. The fraction of sp³-hybridized carbons (Fsp3) is 0.625. The largest absolute Gasteiger partial charge is 0.481 e. The fourth-order valence-corrected chi connectivity index (χ4v) is 2.64. The zero-order valence-corrected chi connectivity index (χ0v) is 13.5. The molecular weight excluding hydrogens is 302 g/mol. The quantitative estimate of drug-likeness (QED) is 0.469. The number of nitrogens with zero attached hydrogens (tertiary/aromatic N) is 1. The molecule has 0 saturated heterocycles. The van der Waals surface area contributed by atoms with Crippen LogP contribution in [0.2, 0.25) is 0 Å². The molecule has 1 atom stereocenters. The van der Waals surface area contributed by atoms with Gasteiger partial charge in [-0.2, -0.15) is 0 Å². The number of carbonyl (C=O) groups excluding carboxylic acids is 2. The van der Waals surface area contributed by atoms with E-state index in [-0.39, 0.29) is 12.0 Å². The van der Waals surface area contributed by atoms with Crippen LogP contribution in [0.3, 0.4) is 0 Å². The highest BCUT2D eigenvalue weighted by Gasteiger charge is 2.42. The Morgan fingerprint density at radius 2 is 1.74 bits per heavy atom. The molecule has 7 nitrogen and oxygen atoms in total. The van der Waals surface area contributed by atoms with Crippen molar-refractivity contribution in [1.82, 2.24) is 4.90 Å². The molecule has 0 aromatic rings. The SMILES string of the molecule is CCCCCCC1=C(C)C(=O)N(C(CCC(=O)O)C(=O)O)C1=O. The third-order valence-electron chi connectivity index (χ3n) is 3.98. The van der Waals surface area contributed by atoms with Crippen molar-refractivity contribution in [1.29, 1.82) is 0 Å². The van der Waals surface area contributed by atoms with Gasteiger partial charge < -0.3 is 10.2 Å². The van der Waals surface area contributed by atoms with Gasteiger partial charge in [-0.1, -0.05) is 26.2 Å². The molecule has 1 aliphatic rings. The van der Waals surface area contributed by atoms with E-state index in [0.717, 1.165) is 25.7 Å². The summed E-state index contributed by atoms with van der Waals surface area (Å²) in [6.45, 7) is 3.59. The standard InChI is InChI=1S/C16H23NO6/c1-3-4-5-6-7-11-10(2)14(20)17(15(11)21)12(16(22)23)8-9-13(18)19/h12H,3-9H2,1-2H3,(H,18,19)(H,22,23). The molecule has 0 aromatic carbocycles. The van der Waals surface area contributed by atoms with E-state index in [1.54, 1.807) is 0 Å². The van der Waals surface area contributed by atoms with Gasteiger partial charge in [0.05, 0.1) is 0 Å². The third kappa shape index (κ3) is 4.64. The Balaban J connectivity index is 2.85. The molecule has 1 unspecified atom stereocenters. The van der Waals surface area contributed by atoms with Crippen molar-refractivity contribution in [2.45, 2.75) is 64.8 Å². The van der Waals surface area contributed by atoms with Gasteiger partial charge in [0.1, 0.15) is 6.04 Å². The molecule has 2 N–H and O–H groups in total. The first-order chi connectivity index (χ1) is 10.8. The second-order valence-corrected chi connectivity index (χ2v) is 5.68. The molecule has 0 bridgehead atoms. The van der Waals surface area contributed by atoms with Crippen molar-refractivity contribution in [3.63, 3.8) is 0 Å². The van der Waals surface area contributed by atoms with Gasteiger partial charge in [-0.3, -0.25) is 19.3 Å². The molecule has 1 aliphatic heterocycles. The zero-order chi connectivity index (χ0) is 17.6. The number of unbranched alkanes of at least 4 members (excludes halogenated alkanes) is 3. The monoisotopic (exact) mass is 325 g/mol. The summed E-state index contributed by atoms with van der Waals surface area (Å²) in [5.74, 6) is -3.76. The van der Waals surface area contributed by atoms with Crippen molar-refractivity contribution >= 4 is 23.8 Å². The van der Waals surface area contributed by atoms with Gasteiger partial charge in [0.2, 0.25) is 0 Å². The number of hydrogen-bond donors (Lipinski definition) is 2. The first-order valence-corrected chi connectivity index (χ1v) is 7.83. The van der Waals surface area contributed by atoms with E-state index in [4.69, 9.17) is 5.11 Å². The summed E-state index contributed by atoms with van der Waals surface area (Å²) in [6, 6.07) is -1.44. The second-order valence-electron chi connectivity index (χ2n) is 5.68. The molecule has 0 aromatic heterocycles. The smallest absolute Gasteiger partial charge is 0.326 e. The lowest BCUT2D eigenvalue weighted by Crippen LogP contribution is -2.46. The van der Waals surface area contributed by atoms with Crippen LogP contribution in [0.4, 0.5) is 0 Å². The van der Waals surface area contributed by atoms with Crippen LogP contribution in [0.1, 0.15) is 58.8 Å². The molecule has 0 spiro atoms. The lowest BCUT2D eigenvalue weighted by Gasteiger charge is -2.22. The van der Waals surface area contributed by atoms with Gasteiger partial charge in [0.25, 0.3) is 11.8 Å². The van der Waals surface area contributed by atoms with Gasteiger partial charge in [-0.05, 0) is 26.2 Å². The topological polar surface area (TPSA) is 112 Å². The molecule has 128 valence electrons. The third-order valence-corrected chi connectivity index (χ3v) is 3.98. The van der Waals surface area contributed by atoms with E-state index in [1.165, 1.54) is 6.92 Å². The van der Waals surface area contributed by atoms with Crippen LogP contribution in [-0.2, 0) is 19.2 Å². The summed E-state index contributed by atoms with van der Waals surface area (Å²) in [5.41, 5.74) is 0.626. The van der Waals surface area contributed by atoms with Gasteiger partial charge in [0.15, 0.2) is 0 Å². The fourth-order valence-electron chi connectivity index (χ4n) is 2.64. The Labute approximate surface area is 135 Å². The van der Waals surface area contributed by atoms with E-state index in [2.05, 4.69) is 6.92 Å². The van der Waals surface area contributed by atoms with Crippen LogP contribution < -0.4 is 0 Å². The molecule has 7 heteroatoms. The summed E-state index contributed by atoms with van der Waals surface area (Å²) < 4.78 is 0. The van der Waals surface area contributed by atoms with Crippen LogP contribution >= 0.6 is 0 Å². The molecule has 0 aliphatic carbocycles. The summed E-state index contributed by atoms with van der Waals surface area (Å²) in [6.07, 6.45) is 3.52. The van der Waals surface area contributed by atoms with E-state index in [0.29, 0.717) is 16.9 Å². The molecular formula is C16H23NO6. The Bertz CT molecular complexity index is 537. The average molecular weight is 325 g/mol. The number of carbonyl (C=O) groups is 4. The second kappa shape index (κ2) is 8.45. The number of amides is 2. The molecule has 0 fully saturated rings. The Kier molecular flexibility index (Phi) is 6.93. The molecule has 0 saturated carbocycles. The minimum atomic E-state index is -1.44. The molecule has 2 amide bonds. The summed E-state index contributed by atoms with van der Waals surface area (Å²) in [7, 11) is 0. The maximum Gasteiger partial charge on any atom is 0.326 e. The maximum atomic E-state index is 12.4. The number of rotatable bonds is 10. The molecule has 1 rings (SSSR count). The molecule has 0 radical (unpaired) electrons. The predicted molar refractivity (Wildman–Crippen MR) is 81.6 cm³/mol. The lowest BCUT2D eigenvalue weighted by molar-refractivity contribution is -0.154. The van der Waals surface area contributed by atoms with Gasteiger partial charge in [-0.25, -0.2) is 4.79 Å². The van der Waals surface area contributed by atoms with E-state index < -0.39 is 36.2 Å². The Morgan fingerprint density at radius 3 is 2.26 bits per heavy atom. The van der Waals surface area contributed by atoms with Crippen LogP contribution in [0.15, 0.2) is 11.1 Å². The highest BCUT2D eigenvalue weighted by Crippen LogP contribution is 2.28. The minimum absolute atomic E-state index is 0.271. The van der Waals surface area contributed by atoms with Gasteiger partial charge in [-0.15, -0.1) is 0 Å².